The van der Waals surface area contributed by atoms with Gasteiger partial charge in [0.1, 0.15) is 0 Å². The minimum Gasteiger partial charge on any atom is -0.384 e. The van der Waals surface area contributed by atoms with E-state index in [-0.39, 0.29) is 0 Å². The maximum absolute atomic E-state index is 5.26. The van der Waals surface area contributed by atoms with Crippen molar-refractivity contribution < 1.29 is 4.74 Å². The number of methoxy groups -OCH3 is 1. The van der Waals surface area contributed by atoms with Crippen LogP contribution in [0.5, 0.6) is 0 Å². The number of aryl methyl sites for hydroxylation is 1. The number of hydrogen-bond donors (Lipinski definition) is 1. The topological polar surface area (TPSA) is 36.9 Å². The lowest BCUT2D eigenvalue weighted by molar-refractivity contribution is 0.157. The Labute approximate surface area is 134 Å². The maximum atomic E-state index is 5.26. The van der Waals surface area contributed by atoms with Crippen LogP contribution in [-0.4, -0.2) is 51.3 Å². The van der Waals surface area contributed by atoms with E-state index >= 15 is 0 Å². The van der Waals surface area contributed by atoms with Crippen LogP contribution in [0.1, 0.15) is 24.5 Å². The van der Waals surface area contributed by atoms with Gasteiger partial charge in [-0.15, -0.1) is 0 Å². The molecule has 0 saturated carbocycles. The Morgan fingerprint density at radius 3 is 2.68 bits per heavy atom. The van der Waals surface area contributed by atoms with E-state index in [2.05, 4.69) is 46.4 Å². The zero-order valence-electron chi connectivity index (χ0n) is 14.1. The second-order valence-corrected chi connectivity index (χ2v) is 5.95. The normalized spacial score (nSPS) is 18.8. The molecule has 1 saturated heterocycles. The summed E-state index contributed by atoms with van der Waals surface area (Å²) >= 11 is 0. The molecule has 1 aromatic carbocycles. The smallest absolute Gasteiger partial charge is 0.193 e. The number of aliphatic imine (C=N–C) groups is 1. The molecule has 22 heavy (non-hydrogen) atoms. The van der Waals surface area contributed by atoms with Crippen LogP contribution in [0.3, 0.4) is 0 Å². The SMILES string of the molecule is CCc1ccc(CCNC(=NC)N2CCC(COC)C2)cc1. The summed E-state index contributed by atoms with van der Waals surface area (Å²) in [6.07, 6.45) is 3.31. The Hall–Kier alpha value is -1.55. The molecule has 122 valence electrons. The molecule has 0 amide bonds. The standard InChI is InChI=1S/C18H29N3O/c1-4-15-5-7-16(8-6-15)9-11-20-18(19-2)21-12-10-17(13-21)14-22-3/h5-8,17H,4,9-14H2,1-3H3,(H,19,20). The minimum absolute atomic E-state index is 0.630. The summed E-state index contributed by atoms with van der Waals surface area (Å²) in [6, 6.07) is 8.90. The molecule has 1 aromatic rings. The zero-order valence-corrected chi connectivity index (χ0v) is 14.1. The minimum atomic E-state index is 0.630. The van der Waals surface area contributed by atoms with Crippen LogP contribution in [0.25, 0.3) is 0 Å². The molecule has 0 aliphatic carbocycles. The fraction of sp³-hybridized carbons (Fsp3) is 0.611. The van der Waals surface area contributed by atoms with E-state index in [0.29, 0.717) is 5.92 Å². The first-order valence-electron chi connectivity index (χ1n) is 8.29. The number of hydrogen-bond acceptors (Lipinski definition) is 2. The Kier molecular flexibility index (Phi) is 6.72. The Morgan fingerprint density at radius 2 is 2.05 bits per heavy atom. The first-order valence-corrected chi connectivity index (χ1v) is 8.29. The number of nitrogens with one attached hydrogen (secondary N) is 1. The predicted octanol–water partition coefficient (Wildman–Crippen LogP) is 2.34. The molecular formula is C18H29N3O. The molecule has 1 heterocycles. The molecule has 1 aliphatic heterocycles. The Balaban J connectivity index is 1.77. The van der Waals surface area contributed by atoms with E-state index in [1.54, 1.807) is 7.11 Å². The van der Waals surface area contributed by atoms with Gasteiger partial charge in [0.15, 0.2) is 5.96 Å². The highest BCUT2D eigenvalue weighted by Crippen LogP contribution is 2.16. The summed E-state index contributed by atoms with van der Waals surface area (Å²) < 4.78 is 5.26. The van der Waals surface area contributed by atoms with Gasteiger partial charge in [0.05, 0.1) is 6.61 Å². The van der Waals surface area contributed by atoms with Gasteiger partial charge < -0.3 is 15.0 Å². The van der Waals surface area contributed by atoms with E-state index in [9.17, 15) is 0 Å². The van der Waals surface area contributed by atoms with Crippen LogP contribution in [0.2, 0.25) is 0 Å². The van der Waals surface area contributed by atoms with E-state index in [1.165, 1.54) is 17.5 Å². The van der Waals surface area contributed by atoms with Crippen molar-refractivity contribution in [2.45, 2.75) is 26.2 Å². The highest BCUT2D eigenvalue weighted by molar-refractivity contribution is 5.80. The quantitative estimate of drug-likeness (QED) is 0.647. The number of nitrogens with zero attached hydrogens (tertiary/aromatic N) is 2. The number of likely N-dealkylation sites (tertiary alicyclic amines) is 1. The zero-order chi connectivity index (χ0) is 15.8. The van der Waals surface area contributed by atoms with Crippen LogP contribution in [0.15, 0.2) is 29.3 Å². The van der Waals surface area contributed by atoms with Crippen LogP contribution >= 0.6 is 0 Å². The lowest BCUT2D eigenvalue weighted by atomic mass is 10.1. The molecule has 1 atom stereocenters. The first kappa shape index (κ1) is 16.8. The van der Waals surface area contributed by atoms with E-state index < -0.39 is 0 Å². The van der Waals surface area contributed by atoms with Gasteiger partial charge in [0.2, 0.25) is 0 Å². The summed E-state index contributed by atoms with van der Waals surface area (Å²) in [4.78, 5) is 6.75. The van der Waals surface area contributed by atoms with Crippen LogP contribution in [0.4, 0.5) is 0 Å². The molecule has 4 heteroatoms. The summed E-state index contributed by atoms with van der Waals surface area (Å²) in [6.45, 7) is 6.06. The molecule has 0 radical (unpaired) electrons. The van der Waals surface area contributed by atoms with Crippen molar-refractivity contribution >= 4 is 5.96 Å². The van der Waals surface area contributed by atoms with Crippen molar-refractivity contribution in [3.63, 3.8) is 0 Å². The molecular weight excluding hydrogens is 274 g/mol. The highest BCUT2D eigenvalue weighted by Gasteiger charge is 2.24. The van der Waals surface area contributed by atoms with Crippen LogP contribution in [-0.2, 0) is 17.6 Å². The van der Waals surface area contributed by atoms with Gasteiger partial charge in [-0.2, -0.15) is 0 Å². The summed E-state index contributed by atoms with van der Waals surface area (Å²) in [5.41, 5.74) is 2.77. The molecule has 1 unspecified atom stereocenters. The number of rotatable bonds is 6. The van der Waals surface area contributed by atoms with Crippen LogP contribution < -0.4 is 5.32 Å². The summed E-state index contributed by atoms with van der Waals surface area (Å²) in [5.74, 6) is 1.65. The second-order valence-electron chi connectivity index (χ2n) is 5.95. The average molecular weight is 303 g/mol. The van der Waals surface area contributed by atoms with Gasteiger partial charge in [-0.1, -0.05) is 31.2 Å². The van der Waals surface area contributed by atoms with Gasteiger partial charge in [-0.25, -0.2) is 0 Å². The first-order chi connectivity index (χ1) is 10.8. The molecule has 1 fully saturated rings. The molecule has 1 N–H and O–H groups in total. The van der Waals surface area contributed by atoms with Gasteiger partial charge in [-0.3, -0.25) is 4.99 Å². The fourth-order valence-corrected chi connectivity index (χ4v) is 2.99. The Morgan fingerprint density at radius 1 is 1.32 bits per heavy atom. The molecule has 4 nitrogen and oxygen atoms in total. The van der Waals surface area contributed by atoms with Crippen molar-refractivity contribution in [3.8, 4) is 0 Å². The van der Waals surface area contributed by atoms with Gasteiger partial charge in [0.25, 0.3) is 0 Å². The monoisotopic (exact) mass is 303 g/mol. The van der Waals surface area contributed by atoms with Gasteiger partial charge in [0, 0.05) is 39.7 Å². The predicted molar refractivity (Wildman–Crippen MR) is 92.4 cm³/mol. The van der Waals surface area contributed by atoms with Crippen LogP contribution in [0, 0.1) is 5.92 Å². The Bertz CT molecular complexity index is 470. The number of ether oxygens (including phenoxy) is 1. The molecule has 0 spiro atoms. The summed E-state index contributed by atoms with van der Waals surface area (Å²) in [7, 11) is 3.64. The van der Waals surface area contributed by atoms with Crippen molar-refractivity contribution in [1.82, 2.24) is 10.2 Å². The third kappa shape index (κ3) is 4.73. The van der Waals surface area contributed by atoms with E-state index in [4.69, 9.17) is 4.74 Å². The largest absolute Gasteiger partial charge is 0.384 e. The lowest BCUT2D eigenvalue weighted by Crippen LogP contribution is -2.41. The number of benzene rings is 1. The van der Waals surface area contributed by atoms with E-state index in [0.717, 1.165) is 45.0 Å². The van der Waals surface area contributed by atoms with Crippen molar-refractivity contribution in [3.05, 3.63) is 35.4 Å². The number of guanidine groups is 1. The maximum Gasteiger partial charge on any atom is 0.193 e. The molecule has 0 aromatic heterocycles. The fourth-order valence-electron chi connectivity index (χ4n) is 2.99. The second kappa shape index (κ2) is 8.79. The van der Waals surface area contributed by atoms with Gasteiger partial charge >= 0.3 is 0 Å². The molecule has 2 rings (SSSR count). The highest BCUT2D eigenvalue weighted by atomic mass is 16.5. The van der Waals surface area contributed by atoms with Crippen molar-refractivity contribution in [2.75, 3.05) is 40.4 Å². The van der Waals surface area contributed by atoms with Crippen molar-refractivity contribution in [1.29, 1.82) is 0 Å². The third-order valence-corrected chi connectivity index (χ3v) is 4.33. The summed E-state index contributed by atoms with van der Waals surface area (Å²) in [5, 5.41) is 3.49. The average Bonchev–Trinajstić information content (AvgIpc) is 3.01. The lowest BCUT2D eigenvalue weighted by Gasteiger charge is -2.21. The van der Waals surface area contributed by atoms with Gasteiger partial charge in [-0.05, 0) is 30.4 Å². The third-order valence-electron chi connectivity index (χ3n) is 4.33. The molecule has 1 aliphatic rings. The molecule has 0 bridgehead atoms. The van der Waals surface area contributed by atoms with E-state index in [1.807, 2.05) is 7.05 Å². The van der Waals surface area contributed by atoms with Crippen molar-refractivity contribution in [2.24, 2.45) is 10.9 Å².